The van der Waals surface area contributed by atoms with Crippen molar-refractivity contribution in [2.45, 2.75) is 32.4 Å². The minimum Gasteiger partial charge on any atom is -0.450 e. The molecule has 1 aromatic heterocycles. The molecule has 1 atom stereocenters. The van der Waals surface area contributed by atoms with Crippen LogP contribution in [0.5, 0.6) is 0 Å². The second kappa shape index (κ2) is 10.5. The number of thiophene rings is 1. The van der Waals surface area contributed by atoms with Gasteiger partial charge < -0.3 is 19.9 Å². The number of rotatable bonds is 8. The van der Waals surface area contributed by atoms with Crippen LogP contribution < -0.4 is 10.2 Å². The Hall–Kier alpha value is -1.57. The van der Waals surface area contributed by atoms with Crippen molar-refractivity contribution in [2.24, 2.45) is 0 Å². The van der Waals surface area contributed by atoms with Crippen LogP contribution in [0.4, 0.5) is 4.79 Å². The van der Waals surface area contributed by atoms with Crippen molar-refractivity contribution in [1.29, 1.82) is 0 Å². The van der Waals surface area contributed by atoms with E-state index in [4.69, 9.17) is 16.3 Å². The van der Waals surface area contributed by atoms with Gasteiger partial charge >= 0.3 is 6.09 Å². The highest BCUT2D eigenvalue weighted by Crippen LogP contribution is 2.20. The lowest BCUT2D eigenvalue weighted by molar-refractivity contribution is -0.899. The third-order valence-electron chi connectivity index (χ3n) is 4.28. The van der Waals surface area contributed by atoms with Gasteiger partial charge in [-0.15, -0.1) is 11.3 Å². The Balaban J connectivity index is 1.77. The van der Waals surface area contributed by atoms with E-state index in [0.717, 1.165) is 33.5 Å². The molecule has 2 amide bonds. The van der Waals surface area contributed by atoms with E-state index in [2.05, 4.69) is 11.9 Å². The van der Waals surface area contributed by atoms with Crippen LogP contribution in [0.1, 0.15) is 24.6 Å². The van der Waals surface area contributed by atoms with Crippen molar-refractivity contribution >= 4 is 34.9 Å². The standard InChI is InChI=1S/C18H26ClN3O3S/c1-3-9-21(12-15-5-6-16(19)26-15)13-17(23)20-14-7-10-22(11-8-14)18(24)25-4-2/h3,5-6,14H,1,4,7-13H2,2H3,(H,20,23)/p+1. The number of nitrogens with zero attached hydrogens (tertiary/aromatic N) is 1. The van der Waals surface area contributed by atoms with Crippen LogP contribution in [0.15, 0.2) is 24.8 Å². The molecule has 26 heavy (non-hydrogen) atoms. The van der Waals surface area contributed by atoms with Crippen LogP contribution in [0, 0.1) is 0 Å². The molecule has 1 aromatic rings. The van der Waals surface area contributed by atoms with Crippen molar-refractivity contribution in [2.75, 3.05) is 32.8 Å². The first-order chi connectivity index (χ1) is 12.5. The summed E-state index contributed by atoms with van der Waals surface area (Å²) >= 11 is 7.52. The summed E-state index contributed by atoms with van der Waals surface area (Å²) in [5, 5.41) is 3.09. The van der Waals surface area contributed by atoms with Crippen LogP contribution in [0.3, 0.4) is 0 Å². The minimum absolute atomic E-state index is 0.0269. The number of piperidine rings is 1. The fourth-order valence-electron chi connectivity index (χ4n) is 3.03. The monoisotopic (exact) mass is 400 g/mol. The average molecular weight is 401 g/mol. The number of nitrogens with one attached hydrogen (secondary N) is 2. The van der Waals surface area contributed by atoms with E-state index >= 15 is 0 Å². The summed E-state index contributed by atoms with van der Waals surface area (Å²) in [5.74, 6) is 0.0269. The van der Waals surface area contributed by atoms with Gasteiger partial charge in [-0.2, -0.15) is 0 Å². The van der Waals surface area contributed by atoms with E-state index in [1.165, 1.54) is 0 Å². The number of hydrogen-bond donors (Lipinski definition) is 2. The molecule has 0 bridgehead atoms. The maximum atomic E-state index is 12.4. The average Bonchev–Trinajstić information content (AvgIpc) is 3.00. The van der Waals surface area contributed by atoms with E-state index < -0.39 is 0 Å². The number of amides is 2. The van der Waals surface area contributed by atoms with Crippen molar-refractivity contribution in [3.63, 3.8) is 0 Å². The predicted molar refractivity (Wildman–Crippen MR) is 104 cm³/mol. The first-order valence-electron chi connectivity index (χ1n) is 8.91. The molecule has 0 aromatic carbocycles. The SMILES string of the molecule is C=CC[NH+](CC(=O)NC1CCN(C(=O)OCC)CC1)Cc1ccc(Cl)s1. The van der Waals surface area contributed by atoms with Gasteiger partial charge in [0.05, 0.1) is 22.4 Å². The topological polar surface area (TPSA) is 63.1 Å². The minimum atomic E-state index is -0.270. The fourth-order valence-corrected chi connectivity index (χ4v) is 4.19. The molecule has 0 spiro atoms. The van der Waals surface area contributed by atoms with E-state index in [0.29, 0.717) is 32.8 Å². The van der Waals surface area contributed by atoms with Crippen molar-refractivity contribution in [1.82, 2.24) is 10.2 Å². The smallest absolute Gasteiger partial charge is 0.409 e. The van der Waals surface area contributed by atoms with Gasteiger partial charge in [0.1, 0.15) is 6.54 Å². The summed E-state index contributed by atoms with van der Waals surface area (Å²) in [6.07, 6.45) is 3.06. The Morgan fingerprint density at radius 1 is 1.46 bits per heavy atom. The summed E-state index contributed by atoms with van der Waals surface area (Å²) in [6.45, 7) is 9.04. The molecule has 1 unspecified atom stereocenters. The number of quaternary nitrogens is 1. The zero-order valence-corrected chi connectivity index (χ0v) is 16.7. The molecular weight excluding hydrogens is 374 g/mol. The Morgan fingerprint density at radius 3 is 2.77 bits per heavy atom. The molecule has 2 rings (SSSR count). The van der Waals surface area contributed by atoms with Crippen LogP contribution >= 0.6 is 22.9 Å². The Morgan fingerprint density at radius 2 is 2.19 bits per heavy atom. The normalized spacial score (nSPS) is 16.2. The largest absolute Gasteiger partial charge is 0.450 e. The molecular formula is C18H27ClN3O3S+. The highest BCUT2D eigenvalue weighted by Gasteiger charge is 2.25. The van der Waals surface area contributed by atoms with E-state index in [9.17, 15) is 9.59 Å². The quantitative estimate of drug-likeness (QED) is 0.653. The molecule has 1 aliphatic rings. The summed E-state index contributed by atoms with van der Waals surface area (Å²) in [4.78, 5) is 28.1. The molecule has 144 valence electrons. The molecule has 2 N–H and O–H groups in total. The zero-order chi connectivity index (χ0) is 18.9. The summed E-state index contributed by atoms with van der Waals surface area (Å²) in [6, 6.07) is 3.98. The molecule has 1 fully saturated rings. The molecule has 2 heterocycles. The molecule has 0 saturated carbocycles. The van der Waals surface area contributed by atoms with Crippen molar-refractivity contribution < 1.29 is 19.2 Å². The number of halogens is 1. The molecule has 6 nitrogen and oxygen atoms in total. The number of likely N-dealkylation sites (tertiary alicyclic amines) is 1. The lowest BCUT2D eigenvalue weighted by Crippen LogP contribution is -3.11. The lowest BCUT2D eigenvalue weighted by atomic mass is 10.1. The van der Waals surface area contributed by atoms with Crippen LogP contribution in [0.2, 0.25) is 4.34 Å². The Bertz CT molecular complexity index is 615. The highest BCUT2D eigenvalue weighted by molar-refractivity contribution is 7.16. The van der Waals surface area contributed by atoms with E-state index in [-0.39, 0.29) is 18.0 Å². The maximum absolute atomic E-state index is 12.4. The van der Waals surface area contributed by atoms with Gasteiger partial charge in [-0.1, -0.05) is 18.2 Å². The van der Waals surface area contributed by atoms with Gasteiger partial charge in [-0.05, 0) is 38.0 Å². The van der Waals surface area contributed by atoms with Crippen LogP contribution in [-0.2, 0) is 16.1 Å². The molecule has 0 radical (unpaired) electrons. The highest BCUT2D eigenvalue weighted by atomic mass is 35.5. The zero-order valence-electron chi connectivity index (χ0n) is 15.1. The van der Waals surface area contributed by atoms with Gasteiger partial charge in [0.2, 0.25) is 0 Å². The first-order valence-corrected chi connectivity index (χ1v) is 10.1. The molecule has 1 aliphatic heterocycles. The molecule has 0 aliphatic carbocycles. The molecule has 1 saturated heterocycles. The van der Waals surface area contributed by atoms with Crippen molar-refractivity contribution in [3.05, 3.63) is 34.0 Å². The second-order valence-corrected chi connectivity index (χ2v) is 8.13. The van der Waals surface area contributed by atoms with Crippen LogP contribution in [0.25, 0.3) is 0 Å². The number of ether oxygens (including phenoxy) is 1. The van der Waals surface area contributed by atoms with Crippen molar-refractivity contribution in [3.8, 4) is 0 Å². The summed E-state index contributed by atoms with van der Waals surface area (Å²) in [5.41, 5.74) is 0. The second-order valence-electron chi connectivity index (χ2n) is 6.33. The third kappa shape index (κ3) is 6.63. The summed E-state index contributed by atoms with van der Waals surface area (Å²) in [7, 11) is 0. The van der Waals surface area contributed by atoms with Gasteiger partial charge in [0.15, 0.2) is 6.54 Å². The fraction of sp³-hybridized carbons (Fsp3) is 0.556. The van der Waals surface area contributed by atoms with E-state index in [1.807, 2.05) is 18.2 Å². The molecule has 8 heteroatoms. The Kier molecular flexibility index (Phi) is 8.41. The third-order valence-corrected chi connectivity index (χ3v) is 5.51. The summed E-state index contributed by atoms with van der Waals surface area (Å²) < 4.78 is 5.77. The predicted octanol–water partition coefficient (Wildman–Crippen LogP) is 1.71. The number of carbonyl (C=O) groups excluding carboxylic acids is 2. The van der Waals surface area contributed by atoms with Crippen LogP contribution in [-0.4, -0.2) is 55.7 Å². The van der Waals surface area contributed by atoms with Gasteiger partial charge in [0, 0.05) is 19.1 Å². The Labute approximate surface area is 163 Å². The number of hydrogen-bond acceptors (Lipinski definition) is 4. The number of carbonyl (C=O) groups is 2. The van der Waals surface area contributed by atoms with Gasteiger partial charge in [0.25, 0.3) is 5.91 Å². The van der Waals surface area contributed by atoms with Gasteiger partial charge in [-0.25, -0.2) is 4.79 Å². The van der Waals surface area contributed by atoms with Gasteiger partial charge in [-0.3, -0.25) is 4.79 Å². The first kappa shape index (κ1) is 20.7. The lowest BCUT2D eigenvalue weighted by Gasteiger charge is -2.31. The van der Waals surface area contributed by atoms with E-state index in [1.54, 1.807) is 23.2 Å². The maximum Gasteiger partial charge on any atom is 0.409 e.